The van der Waals surface area contributed by atoms with Gasteiger partial charge < -0.3 is 104 Å². The summed E-state index contributed by atoms with van der Waals surface area (Å²) in [6.45, 7) is 5.78. The molecule has 10 aromatic rings. The zero-order valence-corrected chi connectivity index (χ0v) is 64.3. The fourth-order valence-electron chi connectivity index (χ4n) is 10.3. The van der Waals surface area contributed by atoms with Crippen LogP contribution in [-0.2, 0) is 56.3 Å². The summed E-state index contributed by atoms with van der Waals surface area (Å²) in [5, 5.41) is 37.7. The number of benzene rings is 10. The van der Waals surface area contributed by atoms with Crippen molar-refractivity contribution < 1.29 is 77.4 Å². The van der Waals surface area contributed by atoms with Crippen molar-refractivity contribution in [3.8, 4) is 16.9 Å². The van der Waals surface area contributed by atoms with Crippen LogP contribution in [-0.4, -0.2) is 92.0 Å². The largest absolute Gasteiger partial charge is 0.755 e. The van der Waals surface area contributed by atoms with Gasteiger partial charge in [0, 0.05) is 154 Å². The van der Waals surface area contributed by atoms with Crippen molar-refractivity contribution in [2.24, 2.45) is 0 Å². The Balaban J connectivity index is 0.000000196. The van der Waals surface area contributed by atoms with Crippen LogP contribution in [0.1, 0.15) is 42.4 Å². The first kappa shape index (κ1) is 87.5. The first-order valence-electron chi connectivity index (χ1n) is 33.4. The van der Waals surface area contributed by atoms with Gasteiger partial charge in [0.25, 0.3) is 5.69 Å². The summed E-state index contributed by atoms with van der Waals surface area (Å²) in [6, 6.07) is 63.6. The van der Waals surface area contributed by atoms with Crippen LogP contribution in [0.2, 0.25) is 0 Å². The van der Waals surface area contributed by atoms with Crippen LogP contribution < -0.4 is 81.5 Å². The molecule has 0 bridgehead atoms. The van der Waals surface area contributed by atoms with Crippen molar-refractivity contribution >= 4 is 172 Å². The standard InChI is InChI=1S/C19H17N3O3S.C15H17N3O4S.C15H17N3O3S.C13H12N4O5S.C12H17N3O3S/c23-19(20-15-10-12-16(13-11-15)22-26(24)25)21-18-9-5-4-8-17(18)14-6-2-1-3-7-14;1-10-9-13(22-2)7-8-14(10)17-15(19)16-11-3-5-12(6-4-11)18-23(20)21;1-10-7-11(2)9-14(8-10)17-15(19)16-12-3-5-13(6-4-12)18-22(20)21;18-13(15-11-2-1-3-12(8-11)17(19)20)14-9-4-6-10(7-5-9)16-23(21)22;16-12(13-9-3-1-2-4-9)14-10-5-7-11(8-6-10)15-19(17)18/h1-13,22H,(H,24,25)(H2,20,21,23);3-9,18H,1-2H3,(H,20,21)(H2,16,17,19);3-9,18H,1-2H3,(H,20,21)(H2,16,17,19);1-8,16H,(H,21,22)(H2,14,15,18);5-9,15H,1-4H2,(H,17,18)(H2,13,14,16)/p-5. The van der Waals surface area contributed by atoms with Crippen LogP contribution >= 0.6 is 0 Å². The number of carbonyl (C=O) groups excluding carboxylic acids is 5. The molecule has 10 aromatic carbocycles. The molecule has 11 rings (SSSR count). The van der Waals surface area contributed by atoms with Crippen LogP contribution in [0.3, 0.4) is 0 Å². The van der Waals surface area contributed by atoms with Gasteiger partial charge in [-0.15, -0.1) is 0 Å². The van der Waals surface area contributed by atoms with E-state index in [0.717, 1.165) is 59.2 Å². The number of anilines is 14. The number of carbonyl (C=O) groups is 5. The normalized spacial score (nSPS) is 12.4. The lowest BCUT2D eigenvalue weighted by atomic mass is 10.0. The number of nitrogens with zero attached hydrogens (tertiary/aromatic N) is 1. The summed E-state index contributed by atoms with van der Waals surface area (Å²) in [5.41, 5.74) is 11.9. The summed E-state index contributed by atoms with van der Waals surface area (Å²) < 4.78 is 121. The van der Waals surface area contributed by atoms with Crippen molar-refractivity contribution in [2.75, 3.05) is 78.6 Å². The van der Waals surface area contributed by atoms with Gasteiger partial charge in [0.2, 0.25) is 0 Å². The van der Waals surface area contributed by atoms with E-state index in [4.69, 9.17) is 4.74 Å². The van der Waals surface area contributed by atoms with Crippen LogP contribution in [0, 0.1) is 30.9 Å². The number of nitrogens with one attached hydrogen (secondary N) is 15. The minimum atomic E-state index is -2.42. The van der Waals surface area contributed by atoms with E-state index in [2.05, 4.69) is 76.8 Å². The molecule has 10 amide bonds. The highest BCUT2D eigenvalue weighted by atomic mass is 32.2. The number of hydrogen-bond donors (Lipinski definition) is 15. The Morgan fingerprint density at radius 1 is 0.354 bits per heavy atom. The molecule has 1 aliphatic carbocycles. The van der Waals surface area contributed by atoms with Gasteiger partial charge in [0.05, 0.1) is 17.7 Å². The quantitative estimate of drug-likeness (QED) is 0.0161. The molecule has 0 radical (unpaired) electrons. The Morgan fingerprint density at radius 2 is 0.699 bits per heavy atom. The zero-order valence-electron chi connectivity index (χ0n) is 60.3. The molecule has 0 spiro atoms. The van der Waals surface area contributed by atoms with E-state index in [-0.39, 0.29) is 35.5 Å². The summed E-state index contributed by atoms with van der Waals surface area (Å²) >= 11 is -11.9. The van der Waals surface area contributed by atoms with Crippen molar-refractivity contribution in [3.63, 3.8) is 0 Å². The molecule has 0 saturated heterocycles. The van der Waals surface area contributed by atoms with Gasteiger partial charge in [-0.05, 0) is 220 Å². The number of aryl methyl sites for hydroxylation is 3. The second-order valence-electron chi connectivity index (χ2n) is 23.7. The monoisotopic (exact) mass is 1640 g/mol. The van der Waals surface area contributed by atoms with E-state index in [1.54, 1.807) is 116 Å². The average molecular weight is 1640 g/mol. The highest BCUT2D eigenvalue weighted by Gasteiger charge is 2.18. The second-order valence-corrected chi connectivity index (χ2v) is 27.1. The Hall–Kier alpha value is -12.7. The Bertz CT molecular complexity index is 4950. The van der Waals surface area contributed by atoms with Crippen LogP contribution in [0.4, 0.5) is 109 Å². The predicted molar refractivity (Wildman–Crippen MR) is 439 cm³/mol. The van der Waals surface area contributed by atoms with Gasteiger partial charge >= 0.3 is 30.2 Å². The molecule has 1 aliphatic rings. The number of ether oxygens (including phenoxy) is 1. The molecule has 113 heavy (non-hydrogen) atoms. The Kier molecular flexibility index (Phi) is 35.2. The molecule has 5 atom stereocenters. The SMILES string of the molecule is COc1ccc(NC(=O)Nc2ccc(NS(=O)[O-])cc2)c(C)c1.Cc1cc(C)cc(NC(=O)Nc2ccc(NS(=O)[O-])cc2)c1.O=C(Nc1ccc(NS(=O)[O-])cc1)NC1CCCC1.O=C(Nc1ccc(NS(=O)[O-])cc1)Nc1cccc([N+](=O)[O-])c1.O=C(Nc1ccc(NS(=O)[O-])cc1)Nc1ccccc1-c1ccccc1. The third-order valence-corrected chi connectivity index (χ3v) is 17.2. The van der Waals surface area contributed by atoms with E-state index in [1.807, 2.05) is 99.6 Å². The van der Waals surface area contributed by atoms with Crippen molar-refractivity contribution in [1.82, 2.24) is 5.32 Å². The van der Waals surface area contributed by atoms with Gasteiger partial charge in [-0.3, -0.25) is 31.2 Å². The van der Waals surface area contributed by atoms with Gasteiger partial charge in [-0.1, -0.05) is 73.5 Å². The van der Waals surface area contributed by atoms with Crippen LogP contribution in [0.15, 0.2) is 237 Å². The minimum absolute atomic E-state index is 0.135. The molecule has 34 nitrogen and oxygen atoms in total. The lowest BCUT2D eigenvalue weighted by Crippen LogP contribution is -2.36. The number of non-ortho nitro benzene ring substituents is 1. The number of rotatable bonds is 23. The molecule has 5 unspecified atom stereocenters. The number of urea groups is 5. The topological polar surface area (TPSA) is 519 Å². The molecule has 15 N–H and O–H groups in total. The third kappa shape index (κ3) is 33.2. The fourth-order valence-corrected chi connectivity index (χ4v) is 11.9. The van der Waals surface area contributed by atoms with E-state index in [9.17, 15) is 77.9 Å². The van der Waals surface area contributed by atoms with E-state index >= 15 is 0 Å². The van der Waals surface area contributed by atoms with Crippen LogP contribution in [0.25, 0.3) is 11.1 Å². The first-order chi connectivity index (χ1) is 54.1. The van der Waals surface area contributed by atoms with Gasteiger partial charge in [0.15, 0.2) is 0 Å². The molecular formula is C74H75N16O18S5-5. The summed E-state index contributed by atoms with van der Waals surface area (Å²) in [5.74, 6) is 0.715. The van der Waals surface area contributed by atoms with E-state index in [0.29, 0.717) is 74.0 Å². The van der Waals surface area contributed by atoms with Crippen molar-refractivity contribution in [1.29, 1.82) is 0 Å². The Labute approximate surface area is 661 Å². The molecule has 1 fully saturated rings. The maximum atomic E-state index is 12.3. The molecule has 39 heteroatoms. The van der Waals surface area contributed by atoms with Gasteiger partial charge in [-0.25, -0.2) is 24.0 Å². The lowest BCUT2D eigenvalue weighted by molar-refractivity contribution is -0.384. The molecule has 1 saturated carbocycles. The molecule has 0 aliphatic heterocycles. The molecule has 594 valence electrons. The summed E-state index contributed by atoms with van der Waals surface area (Å²) in [7, 11) is 1.58. The second kappa shape index (κ2) is 45.4. The zero-order chi connectivity index (χ0) is 81.8. The van der Waals surface area contributed by atoms with Gasteiger partial charge in [0.1, 0.15) is 5.75 Å². The molecular weight excluding hydrogens is 1560 g/mol. The number of methoxy groups -OCH3 is 1. The number of hydrogen-bond acceptors (Lipinski definition) is 18. The molecule has 0 heterocycles. The minimum Gasteiger partial charge on any atom is -0.755 e. The average Bonchev–Trinajstić information content (AvgIpc) is 1.03. The number of amides is 10. The first-order valence-corrected chi connectivity index (χ1v) is 38.8. The van der Waals surface area contributed by atoms with Crippen LogP contribution in [0.5, 0.6) is 5.75 Å². The highest BCUT2D eigenvalue weighted by molar-refractivity contribution is 7.81. The van der Waals surface area contributed by atoms with Gasteiger partial charge in [-0.2, -0.15) is 0 Å². The summed E-state index contributed by atoms with van der Waals surface area (Å²) in [6.07, 6.45) is 4.40. The lowest BCUT2D eigenvalue weighted by Gasteiger charge is -2.13. The fraction of sp³-hybridized carbons (Fsp3) is 0.122. The maximum Gasteiger partial charge on any atom is 0.323 e. The number of para-hydroxylation sites is 1. The highest BCUT2D eigenvalue weighted by Crippen LogP contribution is 2.29. The molecule has 0 aromatic heterocycles. The smallest absolute Gasteiger partial charge is 0.323 e. The number of nitro benzene ring substituents is 1. The number of nitro groups is 1. The Morgan fingerprint density at radius 3 is 1.08 bits per heavy atom. The predicted octanol–water partition coefficient (Wildman–Crippen LogP) is 14.6. The van der Waals surface area contributed by atoms with Crippen molar-refractivity contribution in [2.45, 2.75) is 52.5 Å². The van der Waals surface area contributed by atoms with E-state index < -0.39 is 73.3 Å². The summed E-state index contributed by atoms with van der Waals surface area (Å²) in [4.78, 5) is 69.8. The van der Waals surface area contributed by atoms with Crippen molar-refractivity contribution in [3.05, 3.63) is 263 Å². The third-order valence-electron chi connectivity index (χ3n) is 15.1. The van der Waals surface area contributed by atoms with E-state index in [1.165, 1.54) is 48.5 Å². The maximum absolute atomic E-state index is 12.3.